The molecule has 0 radical (unpaired) electrons. The fraction of sp³-hybridized carbons (Fsp3) is 1.00. The van der Waals surface area contributed by atoms with Gasteiger partial charge in [-0.05, 0) is 0 Å². The molecule has 0 aromatic heterocycles. The molecule has 0 aromatic carbocycles. The first-order valence-electron chi connectivity index (χ1n) is 2.54. The van der Waals surface area contributed by atoms with Gasteiger partial charge in [-0.15, -0.1) is 24.8 Å². The quantitative estimate of drug-likeness (QED) is 0.657. The van der Waals surface area contributed by atoms with E-state index < -0.39 is 9.73 Å². The summed E-state index contributed by atoms with van der Waals surface area (Å²) in [5, 5.41) is 3.08. The summed E-state index contributed by atoms with van der Waals surface area (Å²) >= 11 is 0. The van der Waals surface area contributed by atoms with Crippen molar-refractivity contribution in [2.75, 3.05) is 19.3 Å². The van der Waals surface area contributed by atoms with Crippen LogP contribution in [-0.2, 0) is 9.73 Å². The van der Waals surface area contributed by atoms with Gasteiger partial charge in [0.25, 0.3) is 0 Å². The van der Waals surface area contributed by atoms with Crippen molar-refractivity contribution < 1.29 is 4.21 Å². The Hall–Kier alpha value is 0.490. The van der Waals surface area contributed by atoms with Crippen LogP contribution in [0.3, 0.4) is 0 Å². The van der Waals surface area contributed by atoms with Crippen molar-refractivity contribution >= 4 is 34.5 Å². The molecule has 1 atom stereocenters. The van der Waals surface area contributed by atoms with Crippen LogP contribution in [-0.4, -0.2) is 28.8 Å². The number of hydrogen-bond donors (Lipinski definition) is 2. The van der Waals surface area contributed by atoms with E-state index in [1.165, 1.54) is 6.26 Å². The third-order valence-electron chi connectivity index (χ3n) is 1.38. The van der Waals surface area contributed by atoms with Gasteiger partial charge in [0.05, 0.1) is 5.25 Å². The summed E-state index contributed by atoms with van der Waals surface area (Å²) < 4.78 is 17.9. The molecule has 0 spiro atoms. The molecule has 10 heavy (non-hydrogen) atoms. The second kappa shape index (κ2) is 4.38. The van der Waals surface area contributed by atoms with Crippen LogP contribution in [0.4, 0.5) is 0 Å². The van der Waals surface area contributed by atoms with Crippen LogP contribution in [0.5, 0.6) is 0 Å². The van der Waals surface area contributed by atoms with Gasteiger partial charge in [0.15, 0.2) is 0 Å². The van der Waals surface area contributed by atoms with Gasteiger partial charge in [-0.3, -0.25) is 4.78 Å². The molecule has 1 aliphatic rings. The molecular weight excluding hydrogens is 195 g/mol. The predicted octanol–water partition coefficient (Wildman–Crippen LogP) is 0.478. The highest BCUT2D eigenvalue weighted by atomic mass is 35.5. The Morgan fingerprint density at radius 2 is 1.90 bits per heavy atom. The first kappa shape index (κ1) is 13.1. The minimum absolute atomic E-state index is 0. The Labute approximate surface area is 73.8 Å². The second-order valence-corrected chi connectivity index (χ2v) is 4.66. The van der Waals surface area contributed by atoms with Crippen molar-refractivity contribution in [2.45, 2.75) is 5.25 Å². The molecule has 0 saturated carbocycles. The topological polar surface area (TPSA) is 53.0 Å². The third kappa shape index (κ3) is 3.05. The van der Waals surface area contributed by atoms with E-state index in [-0.39, 0.29) is 30.1 Å². The van der Waals surface area contributed by atoms with E-state index in [1.54, 1.807) is 0 Å². The molecular formula is C4H12Cl2N2OS. The summed E-state index contributed by atoms with van der Waals surface area (Å²) in [6.07, 6.45) is 1.50. The summed E-state index contributed by atoms with van der Waals surface area (Å²) in [6.45, 7) is 1.53. The lowest BCUT2D eigenvalue weighted by Crippen LogP contribution is -2.50. The highest BCUT2D eigenvalue weighted by Gasteiger charge is 2.23. The number of halogens is 2. The van der Waals surface area contributed by atoms with Crippen molar-refractivity contribution in [1.82, 2.24) is 5.32 Å². The van der Waals surface area contributed by atoms with Crippen molar-refractivity contribution in [1.29, 1.82) is 4.78 Å². The van der Waals surface area contributed by atoms with Crippen LogP contribution in [0.1, 0.15) is 0 Å². The zero-order valence-corrected chi connectivity index (χ0v) is 8.07. The molecule has 1 aliphatic heterocycles. The monoisotopic (exact) mass is 206 g/mol. The Bertz CT molecular complexity index is 176. The first-order chi connectivity index (χ1) is 3.61. The van der Waals surface area contributed by atoms with Crippen LogP contribution in [0.25, 0.3) is 0 Å². The van der Waals surface area contributed by atoms with Crippen LogP contribution < -0.4 is 5.32 Å². The molecule has 1 rings (SSSR count). The predicted molar refractivity (Wildman–Crippen MR) is 47.9 cm³/mol. The smallest absolute Gasteiger partial charge is 0.0674 e. The molecule has 0 aliphatic carbocycles. The Morgan fingerprint density at radius 3 is 1.90 bits per heavy atom. The van der Waals surface area contributed by atoms with Gasteiger partial charge in [0.1, 0.15) is 0 Å². The fourth-order valence-corrected chi connectivity index (χ4v) is 1.45. The lowest BCUT2D eigenvalue weighted by molar-refractivity contribution is 0.523. The molecule has 1 fully saturated rings. The number of hydrogen-bond acceptors (Lipinski definition) is 3. The third-order valence-corrected chi connectivity index (χ3v) is 2.99. The molecule has 6 heteroatoms. The largest absolute Gasteiger partial charge is 0.314 e. The highest BCUT2D eigenvalue weighted by molar-refractivity contribution is 7.92. The molecule has 0 amide bonds. The van der Waals surface area contributed by atoms with Gasteiger partial charge < -0.3 is 5.32 Å². The minimum atomic E-state index is -2.23. The maximum atomic E-state index is 10.8. The van der Waals surface area contributed by atoms with Crippen molar-refractivity contribution in [2.24, 2.45) is 0 Å². The van der Waals surface area contributed by atoms with E-state index in [4.69, 9.17) is 4.78 Å². The second-order valence-electron chi connectivity index (χ2n) is 2.18. The molecule has 3 nitrogen and oxygen atoms in total. The molecule has 64 valence electrons. The molecule has 1 saturated heterocycles. The van der Waals surface area contributed by atoms with E-state index in [1.807, 2.05) is 0 Å². The Kier molecular flexibility index (Phi) is 5.75. The lowest BCUT2D eigenvalue weighted by atomic mass is 10.3. The van der Waals surface area contributed by atoms with Gasteiger partial charge in [-0.25, -0.2) is 4.21 Å². The van der Waals surface area contributed by atoms with Gasteiger partial charge >= 0.3 is 0 Å². The number of rotatable bonds is 1. The molecule has 2 N–H and O–H groups in total. The number of nitrogens with one attached hydrogen (secondary N) is 2. The summed E-state index contributed by atoms with van der Waals surface area (Å²) in [5.74, 6) is 0. The maximum Gasteiger partial charge on any atom is 0.0674 e. The summed E-state index contributed by atoms with van der Waals surface area (Å²) in [5.41, 5.74) is 0. The molecule has 0 bridgehead atoms. The lowest BCUT2D eigenvalue weighted by Gasteiger charge is -2.26. The van der Waals surface area contributed by atoms with E-state index in [2.05, 4.69) is 5.32 Å². The minimum Gasteiger partial charge on any atom is -0.314 e. The molecule has 0 aromatic rings. The van der Waals surface area contributed by atoms with Crippen molar-refractivity contribution in [3.05, 3.63) is 0 Å². The van der Waals surface area contributed by atoms with Crippen LogP contribution in [0.15, 0.2) is 0 Å². The van der Waals surface area contributed by atoms with E-state index in [0.717, 1.165) is 13.1 Å². The van der Waals surface area contributed by atoms with Crippen LogP contribution in [0.2, 0.25) is 0 Å². The Balaban J connectivity index is 0. The highest BCUT2D eigenvalue weighted by Crippen LogP contribution is 2.03. The van der Waals surface area contributed by atoms with E-state index in [0.29, 0.717) is 0 Å². The zero-order chi connectivity index (χ0) is 6.20. The molecule has 1 unspecified atom stereocenters. The van der Waals surface area contributed by atoms with Gasteiger partial charge in [0, 0.05) is 29.1 Å². The SMILES string of the molecule is CS(=N)(=O)C1CNC1.Cl.Cl. The summed E-state index contributed by atoms with van der Waals surface area (Å²) in [6, 6.07) is 0. The van der Waals surface area contributed by atoms with Crippen LogP contribution in [0, 0.1) is 4.78 Å². The fourth-order valence-electron chi connectivity index (χ4n) is 0.580. The van der Waals surface area contributed by atoms with Crippen LogP contribution >= 0.6 is 24.8 Å². The Morgan fingerprint density at radius 1 is 1.50 bits per heavy atom. The van der Waals surface area contributed by atoms with Gasteiger partial charge in [-0.1, -0.05) is 0 Å². The van der Waals surface area contributed by atoms with E-state index in [9.17, 15) is 4.21 Å². The van der Waals surface area contributed by atoms with Crippen molar-refractivity contribution in [3.8, 4) is 0 Å². The van der Waals surface area contributed by atoms with Crippen molar-refractivity contribution in [3.63, 3.8) is 0 Å². The average molecular weight is 207 g/mol. The first-order valence-corrected chi connectivity index (χ1v) is 4.57. The summed E-state index contributed by atoms with van der Waals surface area (Å²) in [4.78, 5) is 0. The van der Waals surface area contributed by atoms with E-state index >= 15 is 0 Å². The van der Waals surface area contributed by atoms with Gasteiger partial charge in [-0.2, -0.15) is 0 Å². The van der Waals surface area contributed by atoms with Gasteiger partial charge in [0.2, 0.25) is 0 Å². The average Bonchev–Trinajstić information content (AvgIpc) is 1.16. The zero-order valence-electron chi connectivity index (χ0n) is 5.62. The standard InChI is InChI=1S/C4H10N2OS.2ClH/c1-8(5,7)4-2-6-3-4;;/h4-6H,2-3H2,1H3;2*1H. The normalized spacial score (nSPS) is 22.9. The molecule has 1 heterocycles. The maximum absolute atomic E-state index is 10.8. The summed E-state index contributed by atoms with van der Waals surface area (Å²) in [7, 11) is -2.23.